The van der Waals surface area contributed by atoms with Crippen LogP contribution >= 0.6 is 0 Å². The lowest BCUT2D eigenvalue weighted by atomic mass is 9.87. The van der Waals surface area contributed by atoms with Gasteiger partial charge in [0.05, 0.1) is 37.5 Å². The Kier molecular flexibility index (Phi) is 6.76. The summed E-state index contributed by atoms with van der Waals surface area (Å²) in [6.45, 7) is -1.30. The second-order valence-corrected chi connectivity index (χ2v) is 8.16. The number of methoxy groups -OCH3 is 1. The zero-order valence-electron chi connectivity index (χ0n) is 19.3. The van der Waals surface area contributed by atoms with Gasteiger partial charge in [0, 0.05) is 11.1 Å². The number of hydrogen-bond acceptors (Lipinski definition) is 5. The van der Waals surface area contributed by atoms with Crippen molar-refractivity contribution in [3.63, 3.8) is 0 Å². The maximum Gasteiger partial charge on any atom is 0.434 e. The van der Waals surface area contributed by atoms with Crippen LogP contribution in [0.15, 0.2) is 66.7 Å². The standard InChI is InChI=1S/C26H19F4N3O4/c1-36-20-9-2-16(3-10-20)14-33-22-11-4-17(13-31)12-21(22)25(26(28,29)30,37-24(33)35)15-32-23(34)18-5-7-19(27)8-6-18/h2-12H,14-15H2,1H3,(H,32,34). The van der Waals surface area contributed by atoms with E-state index in [-0.39, 0.29) is 23.4 Å². The number of nitrogens with zero attached hydrogens (tertiary/aromatic N) is 2. The Morgan fingerprint density at radius 1 is 1.11 bits per heavy atom. The number of benzene rings is 3. The first-order chi connectivity index (χ1) is 17.6. The minimum atomic E-state index is -5.17. The fourth-order valence-electron chi connectivity index (χ4n) is 3.94. The van der Waals surface area contributed by atoms with E-state index in [1.54, 1.807) is 30.3 Å². The van der Waals surface area contributed by atoms with E-state index in [4.69, 9.17) is 9.47 Å². The lowest BCUT2D eigenvalue weighted by Gasteiger charge is -2.43. The lowest BCUT2D eigenvalue weighted by Crippen LogP contribution is -2.58. The molecule has 1 N–H and O–H groups in total. The predicted molar refractivity (Wildman–Crippen MR) is 123 cm³/mol. The molecule has 37 heavy (non-hydrogen) atoms. The number of anilines is 1. The van der Waals surface area contributed by atoms with Gasteiger partial charge in [0.25, 0.3) is 11.5 Å². The molecule has 1 unspecified atom stereocenters. The summed E-state index contributed by atoms with van der Waals surface area (Å²) in [7, 11) is 1.48. The molecule has 3 aromatic carbocycles. The first-order valence-corrected chi connectivity index (χ1v) is 10.9. The Hall–Kier alpha value is -4.59. The van der Waals surface area contributed by atoms with E-state index in [2.05, 4.69) is 5.32 Å². The minimum absolute atomic E-state index is 0.0898. The molecule has 0 saturated heterocycles. The van der Waals surface area contributed by atoms with Gasteiger partial charge in [0.1, 0.15) is 11.6 Å². The highest BCUT2D eigenvalue weighted by Crippen LogP contribution is 2.49. The number of amides is 2. The van der Waals surface area contributed by atoms with Crippen molar-refractivity contribution in [2.75, 3.05) is 18.6 Å². The highest BCUT2D eigenvalue weighted by atomic mass is 19.4. The predicted octanol–water partition coefficient (Wildman–Crippen LogP) is 5.05. The first kappa shape index (κ1) is 25.5. The molecule has 0 bridgehead atoms. The van der Waals surface area contributed by atoms with Gasteiger partial charge in [-0.3, -0.25) is 9.69 Å². The molecule has 1 aliphatic rings. The highest BCUT2D eigenvalue weighted by Gasteiger charge is 2.63. The normalized spacial score (nSPS) is 16.9. The Balaban J connectivity index is 1.74. The van der Waals surface area contributed by atoms with E-state index < -0.39 is 41.7 Å². The van der Waals surface area contributed by atoms with Gasteiger partial charge in [0.2, 0.25) is 0 Å². The molecule has 190 valence electrons. The number of fused-ring (bicyclic) bond motifs is 1. The summed E-state index contributed by atoms with van der Waals surface area (Å²) in [6, 6.07) is 16.0. The molecule has 7 nitrogen and oxygen atoms in total. The number of nitrogens with one attached hydrogen (secondary N) is 1. The van der Waals surface area contributed by atoms with Gasteiger partial charge in [0.15, 0.2) is 0 Å². The van der Waals surface area contributed by atoms with Crippen LogP contribution in [0.3, 0.4) is 0 Å². The summed E-state index contributed by atoms with van der Waals surface area (Å²) < 4.78 is 67.2. The van der Waals surface area contributed by atoms with Crippen molar-refractivity contribution < 1.29 is 36.6 Å². The van der Waals surface area contributed by atoms with Crippen LogP contribution in [0.4, 0.5) is 28.0 Å². The van der Waals surface area contributed by atoms with E-state index in [0.717, 1.165) is 35.2 Å². The van der Waals surface area contributed by atoms with E-state index in [1.807, 2.05) is 0 Å². The van der Waals surface area contributed by atoms with Crippen LogP contribution in [0.1, 0.15) is 27.0 Å². The van der Waals surface area contributed by atoms with Crippen LogP contribution < -0.4 is 15.0 Å². The average Bonchev–Trinajstić information content (AvgIpc) is 2.88. The maximum absolute atomic E-state index is 14.6. The number of rotatable bonds is 6. The third-order valence-corrected chi connectivity index (χ3v) is 5.90. The van der Waals surface area contributed by atoms with Gasteiger partial charge in [-0.15, -0.1) is 0 Å². The topological polar surface area (TPSA) is 91.7 Å². The van der Waals surface area contributed by atoms with Crippen molar-refractivity contribution in [3.8, 4) is 11.8 Å². The zero-order valence-corrected chi connectivity index (χ0v) is 19.3. The summed E-state index contributed by atoms with van der Waals surface area (Å²) in [5.41, 5.74) is -3.52. The van der Waals surface area contributed by atoms with Crippen molar-refractivity contribution >= 4 is 17.7 Å². The maximum atomic E-state index is 14.6. The molecule has 11 heteroatoms. The van der Waals surface area contributed by atoms with Gasteiger partial charge in [-0.05, 0) is 60.2 Å². The molecule has 0 aliphatic carbocycles. The first-order valence-electron chi connectivity index (χ1n) is 10.9. The summed E-state index contributed by atoms with van der Waals surface area (Å²) in [5.74, 6) is -1.00. The molecule has 2 amide bonds. The zero-order chi connectivity index (χ0) is 26.8. The molecule has 3 aromatic rings. The SMILES string of the molecule is COc1ccc(CN2C(=O)OC(CNC(=O)c3ccc(F)cc3)(C(F)(F)F)c3cc(C#N)ccc32)cc1. The van der Waals surface area contributed by atoms with Crippen molar-refractivity contribution in [2.24, 2.45) is 0 Å². The molecule has 0 aromatic heterocycles. The molecule has 0 spiro atoms. The second kappa shape index (κ2) is 9.81. The van der Waals surface area contributed by atoms with Gasteiger partial charge in [-0.1, -0.05) is 12.1 Å². The Bertz CT molecular complexity index is 1370. The van der Waals surface area contributed by atoms with Crippen LogP contribution in [-0.4, -0.2) is 31.8 Å². The molecule has 1 heterocycles. The number of carbonyl (C=O) groups is 2. The summed E-state index contributed by atoms with van der Waals surface area (Å²) in [6.07, 6.45) is -6.46. The number of nitriles is 1. The van der Waals surface area contributed by atoms with E-state index in [0.29, 0.717) is 11.3 Å². The van der Waals surface area contributed by atoms with Gasteiger partial charge in [-0.2, -0.15) is 18.4 Å². The summed E-state index contributed by atoms with van der Waals surface area (Å²) in [4.78, 5) is 26.6. The number of carbonyl (C=O) groups excluding carboxylic acids is 2. The Labute approximate surface area is 208 Å². The molecular formula is C26H19F4N3O4. The fourth-order valence-corrected chi connectivity index (χ4v) is 3.94. The van der Waals surface area contributed by atoms with Crippen LogP contribution in [0.2, 0.25) is 0 Å². The van der Waals surface area contributed by atoms with Gasteiger partial charge in [-0.25, -0.2) is 9.18 Å². The van der Waals surface area contributed by atoms with Gasteiger partial charge < -0.3 is 14.8 Å². The van der Waals surface area contributed by atoms with Crippen LogP contribution in [0.5, 0.6) is 5.75 Å². The number of halogens is 4. The fraction of sp³-hybridized carbons (Fsp3) is 0.192. The van der Waals surface area contributed by atoms with Crippen LogP contribution in [-0.2, 0) is 16.9 Å². The largest absolute Gasteiger partial charge is 0.497 e. The molecule has 1 atom stereocenters. The van der Waals surface area contributed by atoms with E-state index in [9.17, 15) is 32.4 Å². The smallest absolute Gasteiger partial charge is 0.434 e. The van der Waals surface area contributed by atoms with E-state index >= 15 is 0 Å². The summed E-state index contributed by atoms with van der Waals surface area (Å²) in [5, 5.41) is 11.5. The number of cyclic esters (lactones) is 1. The molecule has 0 fully saturated rings. The number of ether oxygens (including phenoxy) is 2. The highest BCUT2D eigenvalue weighted by molar-refractivity contribution is 5.95. The van der Waals surface area contributed by atoms with Crippen LogP contribution in [0, 0.1) is 17.1 Å². The van der Waals surface area contributed by atoms with Crippen molar-refractivity contribution in [2.45, 2.75) is 18.3 Å². The molecule has 4 rings (SSSR count). The summed E-state index contributed by atoms with van der Waals surface area (Å²) >= 11 is 0. The van der Waals surface area contributed by atoms with Crippen LogP contribution in [0.25, 0.3) is 0 Å². The number of hydrogen-bond donors (Lipinski definition) is 1. The van der Waals surface area contributed by atoms with Crippen molar-refractivity contribution in [3.05, 3.63) is 94.8 Å². The Morgan fingerprint density at radius 2 is 1.78 bits per heavy atom. The lowest BCUT2D eigenvalue weighted by molar-refractivity contribution is -0.262. The molecule has 1 aliphatic heterocycles. The second-order valence-electron chi connectivity index (χ2n) is 8.16. The van der Waals surface area contributed by atoms with Crippen molar-refractivity contribution in [1.82, 2.24) is 5.32 Å². The average molecular weight is 513 g/mol. The number of alkyl halides is 3. The molecular weight excluding hydrogens is 494 g/mol. The Morgan fingerprint density at radius 3 is 2.38 bits per heavy atom. The third kappa shape index (κ3) is 4.91. The van der Waals surface area contributed by atoms with E-state index in [1.165, 1.54) is 19.2 Å². The molecule has 0 saturated carbocycles. The molecule has 0 radical (unpaired) electrons. The third-order valence-electron chi connectivity index (χ3n) is 5.90. The quantitative estimate of drug-likeness (QED) is 0.466. The monoisotopic (exact) mass is 513 g/mol. The van der Waals surface area contributed by atoms with Crippen molar-refractivity contribution in [1.29, 1.82) is 5.26 Å². The van der Waals surface area contributed by atoms with Gasteiger partial charge >= 0.3 is 12.3 Å². The minimum Gasteiger partial charge on any atom is -0.497 e.